The van der Waals surface area contributed by atoms with Crippen molar-refractivity contribution in [1.29, 1.82) is 0 Å². The molecule has 1 heterocycles. The number of halogens is 2. The van der Waals surface area contributed by atoms with Gasteiger partial charge in [-0.05, 0) is 76.1 Å². The molecule has 294 valence electrons. The fourth-order valence-electron chi connectivity index (χ4n) is 7.03. The molecule has 0 unspecified atom stereocenters. The molecule has 1 aliphatic rings. The third-order valence-electron chi connectivity index (χ3n) is 9.54. The molecule has 53 heavy (non-hydrogen) atoms. The Kier molecular flexibility index (Phi) is 17.9. The average Bonchev–Trinajstić information content (AvgIpc) is 3.43. The summed E-state index contributed by atoms with van der Waals surface area (Å²) >= 11 is 7.80. The minimum absolute atomic E-state index is 0.165. The van der Waals surface area contributed by atoms with Gasteiger partial charge in [0.1, 0.15) is 5.60 Å². The fourth-order valence-corrected chi connectivity index (χ4v) is 8.39. The van der Waals surface area contributed by atoms with Crippen LogP contribution >= 0.6 is 24.0 Å². The van der Waals surface area contributed by atoms with E-state index < -0.39 is 53.5 Å². The van der Waals surface area contributed by atoms with Gasteiger partial charge < -0.3 is 14.6 Å². The van der Waals surface area contributed by atoms with Crippen LogP contribution < -0.4 is 0 Å². The van der Waals surface area contributed by atoms with Crippen LogP contribution in [0.2, 0.25) is 0 Å². The molecule has 0 spiro atoms. The Morgan fingerprint density at radius 1 is 0.925 bits per heavy atom. The first-order valence-corrected chi connectivity index (χ1v) is 20.9. The Morgan fingerprint density at radius 2 is 1.45 bits per heavy atom. The van der Waals surface area contributed by atoms with Gasteiger partial charge in [0.05, 0.1) is 12.0 Å². The molecule has 0 radical (unpaired) electrons. The number of unbranched alkanes of at least 4 members (excludes halogenated alkanes) is 8. The van der Waals surface area contributed by atoms with Crippen molar-refractivity contribution in [3.8, 4) is 0 Å². The topological polar surface area (TPSA) is 76.1 Å². The van der Waals surface area contributed by atoms with E-state index >= 15 is 0 Å². The number of rotatable bonds is 22. The number of allylic oxidation sites excluding steroid dienone is 1. The maximum absolute atomic E-state index is 15.0. The van der Waals surface area contributed by atoms with Gasteiger partial charge in [0.2, 0.25) is 12.3 Å². The summed E-state index contributed by atoms with van der Waals surface area (Å²) in [5.74, 6) is -1.78. The van der Waals surface area contributed by atoms with Crippen LogP contribution in [0.3, 0.4) is 0 Å². The quantitative estimate of drug-likeness (QED) is 0.0553. The van der Waals surface area contributed by atoms with Gasteiger partial charge in [0.25, 0.3) is 5.17 Å². The molecule has 3 rings (SSSR count). The summed E-state index contributed by atoms with van der Waals surface area (Å²) in [5.41, 5.74) is -3.76. The number of benzene rings is 2. The van der Waals surface area contributed by atoms with E-state index in [0.29, 0.717) is 6.42 Å². The lowest BCUT2D eigenvalue weighted by molar-refractivity contribution is -0.189. The fraction of sp³-hybridized carbons (Fsp3) is 0.605. The van der Waals surface area contributed by atoms with Crippen molar-refractivity contribution in [2.75, 3.05) is 11.5 Å². The van der Waals surface area contributed by atoms with Crippen molar-refractivity contribution in [2.45, 2.75) is 141 Å². The predicted molar refractivity (Wildman–Crippen MR) is 216 cm³/mol. The van der Waals surface area contributed by atoms with Crippen molar-refractivity contribution < 1.29 is 33.0 Å². The van der Waals surface area contributed by atoms with Crippen molar-refractivity contribution >= 4 is 41.0 Å². The molecule has 0 bridgehead atoms. The normalized spacial score (nSPS) is 17.7. The molecule has 1 fully saturated rings. The molecule has 0 aliphatic carbocycles. The second-order valence-corrected chi connectivity index (χ2v) is 17.0. The zero-order valence-electron chi connectivity index (χ0n) is 32.5. The third-order valence-corrected chi connectivity index (χ3v) is 11.0. The lowest BCUT2D eigenvalue weighted by Crippen LogP contribution is -2.58. The number of carbonyl (C=O) groups is 2. The minimum atomic E-state index is -3.11. The van der Waals surface area contributed by atoms with E-state index in [0.717, 1.165) is 42.6 Å². The number of ether oxygens (including phenoxy) is 2. The van der Waals surface area contributed by atoms with Crippen LogP contribution in [0.15, 0.2) is 72.8 Å². The Balaban J connectivity index is 1.92. The maximum atomic E-state index is 15.0. The predicted octanol–water partition coefficient (Wildman–Crippen LogP) is 10.7. The van der Waals surface area contributed by atoms with Gasteiger partial charge in [0, 0.05) is 17.5 Å². The number of nitrogens with zero attached hydrogens (tertiary/aromatic N) is 1. The summed E-state index contributed by atoms with van der Waals surface area (Å²) in [6.07, 6.45) is 9.62. The van der Waals surface area contributed by atoms with Crippen LogP contribution in [0.1, 0.15) is 123 Å². The SMILES string of the molecule is CCCCCCCSCCCCCC/C=C/[C@H](C(=O)N1C(=S)OC(c2ccccc2)(c2ccccc2)[C@@H]1C(C)C)[C@@](O)(CC(F)F)C(=O)OC(C)(C)C. The van der Waals surface area contributed by atoms with Gasteiger partial charge >= 0.3 is 5.97 Å². The zero-order chi connectivity index (χ0) is 39.1. The van der Waals surface area contributed by atoms with Gasteiger partial charge in [-0.1, -0.05) is 132 Å². The molecule has 1 saturated heterocycles. The largest absolute Gasteiger partial charge is 0.458 e. The molecule has 3 atom stereocenters. The number of carbonyl (C=O) groups excluding carboxylic acids is 2. The second-order valence-electron chi connectivity index (χ2n) is 15.4. The second kappa shape index (κ2) is 21.3. The highest BCUT2D eigenvalue weighted by atomic mass is 32.2. The van der Waals surface area contributed by atoms with E-state index in [-0.39, 0.29) is 11.1 Å². The first-order valence-electron chi connectivity index (χ1n) is 19.3. The molecular formula is C43H61F2NO5S2. The molecule has 1 aliphatic heterocycles. The van der Waals surface area contributed by atoms with Crippen molar-refractivity contribution in [3.63, 3.8) is 0 Å². The van der Waals surface area contributed by atoms with Crippen molar-refractivity contribution in [2.24, 2.45) is 11.8 Å². The van der Waals surface area contributed by atoms with E-state index in [2.05, 4.69) is 6.92 Å². The first-order chi connectivity index (χ1) is 25.2. The maximum Gasteiger partial charge on any atom is 0.340 e. The highest BCUT2D eigenvalue weighted by Gasteiger charge is 2.61. The molecule has 0 aromatic heterocycles. The van der Waals surface area contributed by atoms with Gasteiger partial charge in [-0.3, -0.25) is 9.69 Å². The Hall–Kier alpha value is -2.82. The number of amides is 1. The van der Waals surface area contributed by atoms with Gasteiger partial charge in [0.15, 0.2) is 11.2 Å². The summed E-state index contributed by atoms with van der Waals surface area (Å²) in [6.45, 7) is 10.8. The van der Waals surface area contributed by atoms with Crippen molar-refractivity contribution in [1.82, 2.24) is 4.90 Å². The molecule has 10 heteroatoms. The van der Waals surface area contributed by atoms with Crippen LogP contribution in [-0.2, 0) is 24.7 Å². The summed E-state index contributed by atoms with van der Waals surface area (Å²) in [5, 5.41) is 11.9. The molecule has 1 N–H and O–H groups in total. The standard InChI is InChI=1S/C43H61F2NO5S2/c1-7-8-9-13-22-29-53-30-23-14-11-10-12-21-28-35(42(49,31-36(44)45)39(48)50-41(4,5)6)38(47)46-37(32(2)3)43(51-40(46)52,33-24-17-15-18-25-33)34-26-19-16-20-27-34/h15-21,24-28,32,35-37,49H,7-14,22-23,29-31H2,1-6H3/b28-21+/t35-,37+,42+/m1/s1. The summed E-state index contributed by atoms with van der Waals surface area (Å²) < 4.78 is 40.7. The number of thiocarbonyl (C=S) groups is 1. The number of alkyl halides is 2. The van der Waals surface area contributed by atoms with E-state index in [4.69, 9.17) is 21.7 Å². The van der Waals surface area contributed by atoms with Crippen LogP contribution in [-0.4, -0.2) is 62.2 Å². The van der Waals surface area contributed by atoms with Gasteiger partial charge in [-0.2, -0.15) is 11.8 Å². The minimum Gasteiger partial charge on any atom is -0.458 e. The van der Waals surface area contributed by atoms with Crippen LogP contribution in [0.4, 0.5) is 8.78 Å². The smallest absolute Gasteiger partial charge is 0.340 e. The highest BCUT2D eigenvalue weighted by molar-refractivity contribution is 7.99. The van der Waals surface area contributed by atoms with Gasteiger partial charge in [-0.25, -0.2) is 13.6 Å². The third kappa shape index (κ3) is 12.3. The van der Waals surface area contributed by atoms with Crippen LogP contribution in [0.5, 0.6) is 0 Å². The Morgan fingerprint density at radius 3 is 1.94 bits per heavy atom. The molecule has 0 saturated carbocycles. The summed E-state index contributed by atoms with van der Waals surface area (Å²) in [7, 11) is 0. The lowest BCUT2D eigenvalue weighted by Gasteiger charge is -2.40. The molecule has 2 aromatic rings. The van der Waals surface area contributed by atoms with Crippen LogP contribution in [0, 0.1) is 11.8 Å². The number of esters is 1. The number of hydrogen-bond acceptors (Lipinski definition) is 7. The molecular weight excluding hydrogens is 713 g/mol. The number of thioether (sulfide) groups is 1. The summed E-state index contributed by atoms with van der Waals surface area (Å²) in [4.78, 5) is 30.0. The van der Waals surface area contributed by atoms with E-state index in [1.807, 2.05) is 86.3 Å². The monoisotopic (exact) mass is 773 g/mol. The Labute approximate surface area is 326 Å². The number of aliphatic hydroxyl groups is 1. The van der Waals surface area contributed by atoms with E-state index in [1.165, 1.54) is 48.8 Å². The first kappa shape index (κ1) is 44.6. The Bertz CT molecular complexity index is 1410. The van der Waals surface area contributed by atoms with Crippen molar-refractivity contribution in [3.05, 3.63) is 83.9 Å². The molecule has 2 aromatic carbocycles. The van der Waals surface area contributed by atoms with E-state index in [1.54, 1.807) is 26.8 Å². The summed E-state index contributed by atoms with van der Waals surface area (Å²) in [6, 6.07) is 18.1. The lowest BCUT2D eigenvalue weighted by atomic mass is 9.75. The van der Waals surface area contributed by atoms with Crippen LogP contribution in [0.25, 0.3) is 0 Å². The number of hydrogen-bond donors (Lipinski definition) is 1. The molecule has 6 nitrogen and oxygen atoms in total. The van der Waals surface area contributed by atoms with Gasteiger partial charge in [-0.15, -0.1) is 0 Å². The van der Waals surface area contributed by atoms with E-state index in [9.17, 15) is 23.5 Å². The zero-order valence-corrected chi connectivity index (χ0v) is 34.2. The highest BCUT2D eigenvalue weighted by Crippen LogP contribution is 2.48. The average molecular weight is 774 g/mol. The molecule has 1 amide bonds.